The van der Waals surface area contributed by atoms with E-state index in [1.165, 1.54) is 12.5 Å². The molecule has 3 unspecified atom stereocenters. The van der Waals surface area contributed by atoms with Crippen LogP contribution in [0.1, 0.15) is 120 Å². The molecule has 9 rings (SSSR count). The average Bonchev–Trinajstić information content (AvgIpc) is 3.53. The molecule has 0 aromatic heterocycles. The number of rotatable bonds is 11. The molecule has 4 heterocycles. The molecule has 0 amide bonds. The lowest BCUT2D eigenvalue weighted by Crippen LogP contribution is -2.69. The van der Waals surface area contributed by atoms with Gasteiger partial charge in [0.15, 0.2) is 31.3 Å². The predicted octanol–water partition coefficient (Wildman–Crippen LogP) is -0.444. The minimum Gasteiger partial charge on any atom is -0.479 e. The maximum absolute atomic E-state index is 12.7. The van der Waals surface area contributed by atoms with Gasteiger partial charge in [0.25, 0.3) is 0 Å². The van der Waals surface area contributed by atoms with E-state index in [1.54, 1.807) is 0 Å². The summed E-state index contributed by atoms with van der Waals surface area (Å²) in [4.78, 5) is 12.7. The maximum Gasteiger partial charge on any atom is 0.335 e. The molecule has 0 radical (unpaired) electrons. The lowest BCUT2D eigenvalue weighted by atomic mass is 9.33. The van der Waals surface area contributed by atoms with Gasteiger partial charge in [-0.15, -0.1) is 0 Å². The topological polar surface area (TPSA) is 354 Å². The molecular formula is C54H88O22. The fourth-order valence-corrected chi connectivity index (χ4v) is 16.6. The summed E-state index contributed by atoms with van der Waals surface area (Å²) in [5, 5.41) is 142. The van der Waals surface area contributed by atoms with Crippen molar-refractivity contribution < 1.29 is 109 Å². The van der Waals surface area contributed by atoms with Crippen molar-refractivity contribution in [3.63, 3.8) is 0 Å². The van der Waals surface area contributed by atoms with Crippen LogP contribution in [-0.2, 0) is 42.7 Å². The van der Waals surface area contributed by atoms with Crippen LogP contribution in [0, 0.1) is 50.2 Å². The Morgan fingerprint density at radius 3 is 1.79 bits per heavy atom. The van der Waals surface area contributed by atoms with Crippen LogP contribution in [-0.4, -0.2) is 221 Å². The first-order valence-corrected chi connectivity index (χ1v) is 27.6. The standard InChI is InChI=1S/C54H88O22/c1-22-31(58)34(61)38(65)45(69-22)76-43-40(73-46-39(66)35(62)32(59)25(20-55)70-46)33(60)26(21-56)71-48(43)75-42-37(64)36(63)41(44(67)68)74-47(42)72-30-13-14-52(7)27(50(30,4)5)12-15-54(9)28(52)11-10-23-24-18-49(2,3)19-29(57)51(24,6)16-17-53(23,54)8/h10,22,24-43,45-48,55-66H,11-21H2,1-9H3,(H,67,68)/t22-,24?,25+,26+,27?,28?,29+,30-,31-,32+,33-,34+,35-,36-,37-,38+,39+,40-,41-,42+,43+,45-,46-,47+,48-,51+,52-,53+,54+/m0/s1. The number of allylic oxidation sites excluding steroid dienone is 2. The number of hydrogen-bond donors (Lipinski definition) is 13. The van der Waals surface area contributed by atoms with Crippen molar-refractivity contribution in [2.45, 2.75) is 255 Å². The van der Waals surface area contributed by atoms with E-state index < -0.39 is 154 Å². The third-order valence-corrected chi connectivity index (χ3v) is 21.5. The third kappa shape index (κ3) is 9.47. The predicted molar refractivity (Wildman–Crippen MR) is 262 cm³/mol. The van der Waals surface area contributed by atoms with Crippen molar-refractivity contribution in [2.24, 2.45) is 50.2 Å². The molecular weight excluding hydrogens is 1000 g/mol. The third-order valence-electron chi connectivity index (χ3n) is 21.5. The van der Waals surface area contributed by atoms with E-state index in [1.807, 2.05) is 0 Å². The second-order valence-electron chi connectivity index (χ2n) is 26.6. The van der Waals surface area contributed by atoms with Crippen LogP contribution in [0.2, 0.25) is 0 Å². The van der Waals surface area contributed by atoms with Gasteiger partial charge >= 0.3 is 5.97 Å². The van der Waals surface area contributed by atoms with E-state index in [2.05, 4.69) is 61.5 Å². The summed E-state index contributed by atoms with van der Waals surface area (Å²) in [6.07, 6.45) is -27.7. The van der Waals surface area contributed by atoms with Gasteiger partial charge in [-0.05, 0) is 110 Å². The second kappa shape index (κ2) is 21.0. The molecule has 22 heteroatoms. The molecule has 9 aliphatic rings. The molecule has 4 saturated heterocycles. The maximum atomic E-state index is 12.7. The van der Waals surface area contributed by atoms with E-state index in [0.29, 0.717) is 12.3 Å². The average molecular weight is 1090 g/mol. The van der Waals surface area contributed by atoms with Crippen molar-refractivity contribution >= 4 is 5.97 Å². The highest BCUT2D eigenvalue weighted by atomic mass is 16.8. The zero-order valence-electron chi connectivity index (χ0n) is 45.3. The van der Waals surface area contributed by atoms with Crippen molar-refractivity contribution in [3.8, 4) is 0 Å². The molecule has 5 aliphatic carbocycles. The summed E-state index contributed by atoms with van der Waals surface area (Å²) in [6.45, 7) is 18.0. The molecule has 0 bridgehead atoms. The lowest BCUT2D eigenvalue weighted by molar-refractivity contribution is -0.410. The molecule has 0 aromatic carbocycles. The van der Waals surface area contributed by atoms with Gasteiger partial charge < -0.3 is 104 Å². The Morgan fingerprint density at radius 1 is 0.566 bits per heavy atom. The fraction of sp³-hybridized carbons (Fsp3) is 0.944. The van der Waals surface area contributed by atoms with Gasteiger partial charge in [0.05, 0.1) is 31.5 Å². The summed E-state index contributed by atoms with van der Waals surface area (Å²) < 4.78 is 49.1. The quantitative estimate of drug-likeness (QED) is 0.0921. The minimum atomic E-state index is -2.13. The molecule has 76 heavy (non-hydrogen) atoms. The van der Waals surface area contributed by atoms with Gasteiger partial charge in [0, 0.05) is 5.41 Å². The first-order valence-electron chi connectivity index (χ1n) is 27.6. The Balaban J connectivity index is 1.02. The Hall–Kier alpha value is -1.59. The summed E-state index contributed by atoms with van der Waals surface area (Å²) in [5.41, 5.74) is 0.392. The molecule has 22 nitrogen and oxygen atoms in total. The number of carboxylic acid groups (broad SMARTS) is 1. The highest BCUT2D eigenvalue weighted by Gasteiger charge is 2.69. The lowest BCUT2D eigenvalue weighted by Gasteiger charge is -2.71. The molecule has 436 valence electrons. The van der Waals surface area contributed by atoms with E-state index >= 15 is 0 Å². The molecule has 4 aliphatic heterocycles. The normalized spacial score (nSPS) is 55.0. The molecule has 0 aromatic rings. The van der Waals surface area contributed by atoms with Crippen LogP contribution in [0.15, 0.2) is 11.6 Å². The first kappa shape index (κ1) is 59.0. The molecule has 29 atom stereocenters. The Bertz CT molecular complexity index is 2110. The summed E-state index contributed by atoms with van der Waals surface area (Å²) in [7, 11) is 0. The Kier molecular flexibility index (Phi) is 16.3. The zero-order chi connectivity index (χ0) is 55.7. The van der Waals surface area contributed by atoms with Crippen molar-refractivity contribution in [1.29, 1.82) is 0 Å². The number of aliphatic hydroxyl groups excluding tert-OH is 12. The van der Waals surface area contributed by atoms with E-state index in [-0.39, 0.29) is 45.0 Å². The summed E-state index contributed by atoms with van der Waals surface area (Å²) >= 11 is 0. The number of fused-ring (bicyclic) bond motifs is 7. The number of hydrogen-bond acceptors (Lipinski definition) is 21. The van der Waals surface area contributed by atoms with Crippen LogP contribution in [0.4, 0.5) is 0 Å². The number of aliphatic hydroxyl groups is 12. The largest absolute Gasteiger partial charge is 0.479 e. The number of aliphatic carboxylic acids is 1. The van der Waals surface area contributed by atoms with Crippen LogP contribution in [0.25, 0.3) is 0 Å². The monoisotopic (exact) mass is 1090 g/mol. The van der Waals surface area contributed by atoms with E-state index in [4.69, 9.17) is 37.9 Å². The Labute approximate surface area is 444 Å². The molecule has 4 saturated carbocycles. The highest BCUT2D eigenvalue weighted by molar-refractivity contribution is 5.73. The molecule has 0 spiro atoms. The van der Waals surface area contributed by atoms with Crippen LogP contribution in [0.3, 0.4) is 0 Å². The smallest absolute Gasteiger partial charge is 0.335 e. The van der Waals surface area contributed by atoms with Crippen molar-refractivity contribution in [2.75, 3.05) is 13.2 Å². The molecule has 13 N–H and O–H groups in total. The van der Waals surface area contributed by atoms with Crippen LogP contribution >= 0.6 is 0 Å². The van der Waals surface area contributed by atoms with Crippen LogP contribution < -0.4 is 0 Å². The van der Waals surface area contributed by atoms with Gasteiger partial charge in [0.1, 0.15) is 85.5 Å². The van der Waals surface area contributed by atoms with Crippen molar-refractivity contribution in [3.05, 3.63) is 11.6 Å². The number of carboxylic acids is 1. The zero-order valence-corrected chi connectivity index (χ0v) is 45.3. The summed E-state index contributed by atoms with van der Waals surface area (Å²) in [6, 6.07) is 0. The second-order valence-corrected chi connectivity index (χ2v) is 26.6. The van der Waals surface area contributed by atoms with E-state index in [0.717, 1.165) is 51.4 Å². The van der Waals surface area contributed by atoms with Crippen molar-refractivity contribution in [1.82, 2.24) is 0 Å². The van der Waals surface area contributed by atoms with Gasteiger partial charge in [-0.25, -0.2) is 4.79 Å². The Morgan fingerprint density at radius 2 is 1.14 bits per heavy atom. The van der Waals surface area contributed by atoms with Gasteiger partial charge in [0.2, 0.25) is 0 Å². The summed E-state index contributed by atoms with van der Waals surface area (Å²) in [5.74, 6) is -0.959. The van der Waals surface area contributed by atoms with Gasteiger partial charge in [-0.1, -0.05) is 67.0 Å². The minimum absolute atomic E-state index is 0.0106. The van der Waals surface area contributed by atoms with Crippen LogP contribution in [0.5, 0.6) is 0 Å². The number of ether oxygens (including phenoxy) is 8. The fourth-order valence-electron chi connectivity index (χ4n) is 16.6. The molecule has 8 fully saturated rings. The van der Waals surface area contributed by atoms with E-state index in [9.17, 15) is 71.2 Å². The highest BCUT2D eigenvalue weighted by Crippen LogP contribution is 2.76. The van der Waals surface area contributed by atoms with Gasteiger partial charge in [-0.2, -0.15) is 0 Å². The SMILES string of the molecule is C[C@@H]1O[C@@H](O[C@H]2[C@H](O[C@H]3[C@H](O[C@H]4CC[C@@]5(C)C(CC[C@]6(C)C5CC=C5C7CC(C)(C)C[C@@H](O)[C@]7(C)CC[C@]56C)C4(C)C)O[C@H](C(=O)O)[C@@H](O)[C@@H]3O)O[C@H](CO)[C@H](O)[C@@H]2O[C@@H]2O[C@H](CO)[C@@H](O)[C@H](O)[C@H]2O)[C@H](O)[C@H](O)[C@H]1O. The number of carbonyl (C=O) groups is 1. The first-order chi connectivity index (χ1) is 35.4. The van der Waals surface area contributed by atoms with Gasteiger partial charge in [-0.3, -0.25) is 0 Å².